The number of thiophene rings is 1. The number of rotatable bonds is 7. The normalized spacial score (nSPS) is 10.8. The Labute approximate surface area is 165 Å². The summed E-state index contributed by atoms with van der Waals surface area (Å²) in [4.78, 5) is 18.5. The first-order chi connectivity index (χ1) is 12.1. The summed E-state index contributed by atoms with van der Waals surface area (Å²) in [7, 11) is 0. The number of carbonyl (C=O) groups is 1. The van der Waals surface area contributed by atoms with E-state index in [1.807, 2.05) is 17.5 Å². The number of thiazole rings is 1. The molecule has 2 heterocycles. The average molecular weight is 457 g/mol. The lowest BCUT2D eigenvalue weighted by Gasteiger charge is -2.02. The Morgan fingerprint density at radius 3 is 2.76 bits per heavy atom. The SMILES string of the molecule is O=C(CCCSc1ccc(F)cc1)Nc1nc(-c2ccc(Br)s2)cs1. The number of carbonyl (C=O) groups excluding carboxylic acids is 1. The van der Waals surface area contributed by atoms with Crippen molar-refractivity contribution in [2.24, 2.45) is 0 Å². The van der Waals surface area contributed by atoms with Crippen LogP contribution >= 0.6 is 50.4 Å². The van der Waals surface area contributed by atoms with E-state index in [1.54, 1.807) is 35.2 Å². The number of amides is 1. The Balaban J connectivity index is 1.42. The second kappa shape index (κ2) is 8.93. The van der Waals surface area contributed by atoms with Crippen molar-refractivity contribution >= 4 is 61.4 Å². The van der Waals surface area contributed by atoms with Crippen molar-refractivity contribution in [2.45, 2.75) is 17.7 Å². The molecule has 0 bridgehead atoms. The second-order valence-corrected chi connectivity index (χ2v) is 9.59. The van der Waals surface area contributed by atoms with Crippen LogP contribution in [0.1, 0.15) is 12.8 Å². The zero-order valence-corrected chi connectivity index (χ0v) is 17.0. The molecule has 0 unspecified atom stereocenters. The Hall–Kier alpha value is -1.22. The van der Waals surface area contributed by atoms with Crippen molar-refractivity contribution < 1.29 is 9.18 Å². The molecule has 0 atom stereocenters. The van der Waals surface area contributed by atoms with Crippen LogP contribution in [0.5, 0.6) is 0 Å². The summed E-state index contributed by atoms with van der Waals surface area (Å²) >= 11 is 8.09. The highest BCUT2D eigenvalue weighted by Crippen LogP contribution is 2.33. The summed E-state index contributed by atoms with van der Waals surface area (Å²) < 4.78 is 13.9. The molecule has 0 fully saturated rings. The molecule has 3 nitrogen and oxygen atoms in total. The van der Waals surface area contributed by atoms with Gasteiger partial charge in [-0.15, -0.1) is 34.4 Å². The van der Waals surface area contributed by atoms with Crippen LogP contribution < -0.4 is 5.32 Å². The highest BCUT2D eigenvalue weighted by Gasteiger charge is 2.09. The summed E-state index contributed by atoms with van der Waals surface area (Å²) in [5, 5.41) is 5.41. The smallest absolute Gasteiger partial charge is 0.226 e. The van der Waals surface area contributed by atoms with Gasteiger partial charge < -0.3 is 5.32 Å². The first-order valence-corrected chi connectivity index (χ1v) is 11.0. The Morgan fingerprint density at radius 1 is 1.24 bits per heavy atom. The van der Waals surface area contributed by atoms with Crippen molar-refractivity contribution in [2.75, 3.05) is 11.1 Å². The Morgan fingerprint density at radius 2 is 2.04 bits per heavy atom. The molecule has 130 valence electrons. The fourth-order valence-corrected chi connectivity index (χ4v) is 5.03. The Kier molecular flexibility index (Phi) is 6.63. The molecule has 0 spiro atoms. The molecule has 0 aliphatic rings. The number of hydrogen-bond acceptors (Lipinski definition) is 5. The van der Waals surface area contributed by atoms with Gasteiger partial charge in [-0.3, -0.25) is 4.79 Å². The van der Waals surface area contributed by atoms with Crippen LogP contribution in [-0.4, -0.2) is 16.6 Å². The van der Waals surface area contributed by atoms with Gasteiger partial charge in [0.2, 0.25) is 5.91 Å². The topological polar surface area (TPSA) is 42.0 Å². The molecule has 25 heavy (non-hydrogen) atoms. The van der Waals surface area contributed by atoms with E-state index in [1.165, 1.54) is 23.5 Å². The van der Waals surface area contributed by atoms with Crippen molar-refractivity contribution in [1.82, 2.24) is 4.98 Å². The first-order valence-electron chi connectivity index (χ1n) is 7.49. The van der Waals surface area contributed by atoms with E-state index in [9.17, 15) is 9.18 Å². The lowest BCUT2D eigenvalue weighted by atomic mass is 10.3. The van der Waals surface area contributed by atoms with E-state index < -0.39 is 0 Å². The molecule has 8 heteroatoms. The second-order valence-electron chi connectivity index (χ2n) is 5.10. The molecule has 3 aromatic rings. The third kappa shape index (κ3) is 5.64. The summed E-state index contributed by atoms with van der Waals surface area (Å²) in [6.07, 6.45) is 1.19. The molecule has 0 saturated heterocycles. The molecule has 3 rings (SSSR count). The fraction of sp³-hybridized carbons (Fsp3) is 0.176. The molecule has 1 aromatic carbocycles. The number of thioether (sulfide) groups is 1. The van der Waals surface area contributed by atoms with Gasteiger partial charge in [0.05, 0.1) is 14.4 Å². The van der Waals surface area contributed by atoms with Crippen molar-refractivity contribution in [3.63, 3.8) is 0 Å². The lowest BCUT2D eigenvalue weighted by molar-refractivity contribution is -0.116. The van der Waals surface area contributed by atoms with Crippen LogP contribution in [0.25, 0.3) is 10.6 Å². The van der Waals surface area contributed by atoms with Gasteiger partial charge in [0, 0.05) is 16.7 Å². The van der Waals surface area contributed by atoms with Crippen LogP contribution in [0.4, 0.5) is 9.52 Å². The van der Waals surface area contributed by atoms with Crippen molar-refractivity contribution in [1.29, 1.82) is 0 Å². The molecule has 1 N–H and O–H groups in total. The largest absolute Gasteiger partial charge is 0.302 e. The number of nitrogens with one attached hydrogen (secondary N) is 1. The molecule has 1 amide bonds. The quantitative estimate of drug-likeness (QED) is 0.335. The van der Waals surface area contributed by atoms with Crippen LogP contribution in [0, 0.1) is 5.82 Å². The summed E-state index contributed by atoms with van der Waals surface area (Å²) in [5.74, 6) is 0.542. The summed E-state index contributed by atoms with van der Waals surface area (Å²) in [6.45, 7) is 0. The zero-order valence-electron chi connectivity index (χ0n) is 13.0. The highest BCUT2D eigenvalue weighted by atomic mass is 79.9. The van der Waals surface area contributed by atoms with Crippen molar-refractivity contribution in [3.8, 4) is 10.6 Å². The number of halogens is 2. The molecule has 2 aromatic heterocycles. The lowest BCUT2D eigenvalue weighted by Crippen LogP contribution is -2.11. The number of hydrogen-bond donors (Lipinski definition) is 1. The maximum Gasteiger partial charge on any atom is 0.226 e. The number of nitrogens with zero attached hydrogens (tertiary/aromatic N) is 1. The molecule has 0 saturated carbocycles. The standard InChI is InChI=1S/C17H14BrFN2OS3/c18-15-8-7-14(25-15)13-10-24-17(20-13)21-16(22)2-1-9-23-12-5-3-11(19)4-6-12/h3-8,10H,1-2,9H2,(H,20,21,22). The molecular formula is C17H14BrFN2OS3. The maximum absolute atomic E-state index is 12.8. The predicted octanol–water partition coefficient (Wildman–Crippen LogP) is 6.28. The average Bonchev–Trinajstić information content (AvgIpc) is 3.22. The van der Waals surface area contributed by atoms with Gasteiger partial charge in [0.15, 0.2) is 5.13 Å². The van der Waals surface area contributed by atoms with E-state index in [0.717, 1.165) is 31.4 Å². The summed E-state index contributed by atoms with van der Waals surface area (Å²) in [5.41, 5.74) is 0.878. The third-order valence-corrected chi connectivity index (χ3v) is 6.71. The van der Waals surface area contributed by atoms with E-state index in [4.69, 9.17) is 0 Å². The molecule has 0 radical (unpaired) electrons. The Bertz CT molecular complexity index is 848. The monoisotopic (exact) mass is 456 g/mol. The van der Waals surface area contributed by atoms with Crippen LogP contribution in [-0.2, 0) is 4.79 Å². The fourth-order valence-electron chi connectivity index (χ4n) is 2.03. The maximum atomic E-state index is 12.8. The number of aromatic nitrogens is 1. The summed E-state index contributed by atoms with van der Waals surface area (Å²) in [6, 6.07) is 10.4. The van der Waals surface area contributed by atoms with Gasteiger partial charge in [-0.05, 0) is 64.5 Å². The van der Waals surface area contributed by atoms with Gasteiger partial charge in [-0.2, -0.15) is 0 Å². The number of benzene rings is 1. The van der Waals surface area contributed by atoms with E-state index in [2.05, 4.69) is 26.2 Å². The van der Waals surface area contributed by atoms with Gasteiger partial charge in [0.1, 0.15) is 5.82 Å². The van der Waals surface area contributed by atoms with Crippen molar-refractivity contribution in [3.05, 3.63) is 51.4 Å². The van der Waals surface area contributed by atoms with Crippen LogP contribution in [0.15, 0.2) is 50.5 Å². The van der Waals surface area contributed by atoms with Gasteiger partial charge in [0.25, 0.3) is 0 Å². The predicted molar refractivity (Wildman–Crippen MR) is 108 cm³/mol. The van der Waals surface area contributed by atoms with Gasteiger partial charge in [-0.25, -0.2) is 9.37 Å². The minimum absolute atomic E-state index is 0.0343. The number of anilines is 1. The molecule has 0 aliphatic carbocycles. The third-order valence-electron chi connectivity index (χ3n) is 3.21. The van der Waals surface area contributed by atoms with E-state index in [0.29, 0.717) is 11.6 Å². The highest BCUT2D eigenvalue weighted by molar-refractivity contribution is 9.11. The van der Waals surface area contributed by atoms with Gasteiger partial charge >= 0.3 is 0 Å². The zero-order chi connectivity index (χ0) is 17.6. The van der Waals surface area contributed by atoms with Crippen LogP contribution in [0.3, 0.4) is 0 Å². The van der Waals surface area contributed by atoms with Crippen LogP contribution in [0.2, 0.25) is 0 Å². The van der Waals surface area contributed by atoms with E-state index in [-0.39, 0.29) is 11.7 Å². The molecule has 0 aliphatic heterocycles. The van der Waals surface area contributed by atoms with Gasteiger partial charge in [-0.1, -0.05) is 0 Å². The molecular weight excluding hydrogens is 443 g/mol. The van der Waals surface area contributed by atoms with E-state index >= 15 is 0 Å². The first kappa shape index (κ1) is 18.6. The minimum atomic E-state index is -0.235. The minimum Gasteiger partial charge on any atom is -0.302 e.